The van der Waals surface area contributed by atoms with Crippen molar-refractivity contribution in [3.63, 3.8) is 0 Å². The number of hydrogen-bond donors (Lipinski definition) is 3. The van der Waals surface area contributed by atoms with Crippen molar-refractivity contribution in [1.29, 1.82) is 0 Å². The van der Waals surface area contributed by atoms with Crippen LogP contribution < -0.4 is 0 Å². The van der Waals surface area contributed by atoms with Crippen molar-refractivity contribution in [2.75, 3.05) is 0 Å². The van der Waals surface area contributed by atoms with Crippen LogP contribution in [0.3, 0.4) is 0 Å². The first-order valence-corrected chi connectivity index (χ1v) is 4.14. The summed E-state index contributed by atoms with van der Waals surface area (Å²) in [5.74, 6) is -4.35. The van der Waals surface area contributed by atoms with E-state index in [1.54, 1.807) is 0 Å². The third-order valence-corrected chi connectivity index (χ3v) is 2.12. The van der Waals surface area contributed by atoms with Gasteiger partial charge in [0, 0.05) is 5.39 Å². The molecule has 2 rings (SSSR count). The van der Waals surface area contributed by atoms with E-state index in [0.717, 1.165) is 6.07 Å². The Balaban J connectivity index is 2.92. The topological polar surface area (TPSA) is 103 Å². The van der Waals surface area contributed by atoms with E-state index in [2.05, 4.69) is 10.2 Å². The fourth-order valence-electron chi connectivity index (χ4n) is 1.42. The van der Waals surface area contributed by atoms with E-state index in [4.69, 9.17) is 10.2 Å². The zero-order valence-electron chi connectivity index (χ0n) is 7.69. The second-order valence-electron chi connectivity index (χ2n) is 3.06. The van der Waals surface area contributed by atoms with Crippen LogP contribution in [0, 0.1) is 5.82 Å². The molecule has 0 saturated heterocycles. The predicted molar refractivity (Wildman–Crippen MR) is 50.0 cm³/mol. The maximum atomic E-state index is 13.6. The Morgan fingerprint density at radius 2 is 2.00 bits per heavy atom. The summed E-state index contributed by atoms with van der Waals surface area (Å²) in [5.41, 5.74) is -1.44. The van der Waals surface area contributed by atoms with Crippen LogP contribution in [0.25, 0.3) is 10.9 Å². The number of benzene rings is 1. The van der Waals surface area contributed by atoms with E-state index in [0.29, 0.717) is 0 Å². The highest BCUT2D eigenvalue weighted by Crippen LogP contribution is 2.23. The summed E-state index contributed by atoms with van der Waals surface area (Å²) in [6.07, 6.45) is 1.23. The molecular weight excluding hydrogens is 219 g/mol. The summed E-state index contributed by atoms with van der Waals surface area (Å²) in [6.45, 7) is 0. The van der Waals surface area contributed by atoms with Gasteiger partial charge in [-0.2, -0.15) is 5.10 Å². The van der Waals surface area contributed by atoms with Crippen LogP contribution in [0.5, 0.6) is 0 Å². The molecule has 3 N–H and O–H groups in total. The summed E-state index contributed by atoms with van der Waals surface area (Å²) in [4.78, 5) is 21.5. The van der Waals surface area contributed by atoms with Gasteiger partial charge in [-0.25, -0.2) is 14.0 Å². The molecule has 0 saturated carbocycles. The largest absolute Gasteiger partial charge is 0.478 e. The van der Waals surface area contributed by atoms with Gasteiger partial charge in [-0.05, 0) is 6.07 Å². The predicted octanol–water partition coefficient (Wildman–Crippen LogP) is 1.10. The molecule has 0 aliphatic heterocycles. The van der Waals surface area contributed by atoms with Crippen molar-refractivity contribution in [2.24, 2.45) is 0 Å². The highest BCUT2D eigenvalue weighted by molar-refractivity contribution is 6.05. The Labute approximate surface area is 87.3 Å². The van der Waals surface area contributed by atoms with Crippen molar-refractivity contribution in [3.8, 4) is 0 Å². The number of nitrogens with zero attached hydrogens (tertiary/aromatic N) is 1. The van der Waals surface area contributed by atoms with E-state index >= 15 is 0 Å². The molecule has 1 heterocycles. The van der Waals surface area contributed by atoms with Crippen molar-refractivity contribution in [3.05, 3.63) is 29.2 Å². The quantitative estimate of drug-likeness (QED) is 0.708. The number of carbonyl (C=O) groups is 2. The number of fused-ring (bicyclic) bond motifs is 1. The normalized spacial score (nSPS) is 10.6. The molecular formula is C9H5FN2O4. The first kappa shape index (κ1) is 10.1. The van der Waals surface area contributed by atoms with E-state index in [-0.39, 0.29) is 10.9 Å². The van der Waals surface area contributed by atoms with Crippen molar-refractivity contribution >= 4 is 22.8 Å². The summed E-state index contributed by atoms with van der Waals surface area (Å²) in [5, 5.41) is 23.6. The van der Waals surface area contributed by atoms with Gasteiger partial charge in [-0.1, -0.05) is 0 Å². The first-order valence-electron chi connectivity index (χ1n) is 4.14. The number of aromatic amines is 1. The van der Waals surface area contributed by atoms with Crippen LogP contribution in [-0.2, 0) is 0 Å². The molecule has 2 aromatic rings. The second-order valence-corrected chi connectivity index (χ2v) is 3.06. The zero-order valence-corrected chi connectivity index (χ0v) is 7.69. The van der Waals surface area contributed by atoms with Gasteiger partial charge in [-0.3, -0.25) is 5.10 Å². The Morgan fingerprint density at radius 1 is 1.31 bits per heavy atom. The maximum Gasteiger partial charge on any atom is 0.340 e. The van der Waals surface area contributed by atoms with Gasteiger partial charge >= 0.3 is 11.9 Å². The van der Waals surface area contributed by atoms with Crippen LogP contribution in [-0.4, -0.2) is 32.3 Å². The second kappa shape index (κ2) is 3.30. The molecule has 0 aliphatic rings. The molecule has 0 atom stereocenters. The lowest BCUT2D eigenvalue weighted by Gasteiger charge is -2.02. The number of aromatic carboxylic acids is 2. The van der Waals surface area contributed by atoms with Gasteiger partial charge in [0.05, 0.1) is 17.3 Å². The molecule has 0 unspecified atom stereocenters. The first-order chi connectivity index (χ1) is 7.52. The lowest BCUT2D eigenvalue weighted by Crippen LogP contribution is -2.09. The minimum Gasteiger partial charge on any atom is -0.478 e. The van der Waals surface area contributed by atoms with Crippen molar-refractivity contribution in [2.45, 2.75) is 0 Å². The minimum atomic E-state index is -1.55. The smallest absolute Gasteiger partial charge is 0.340 e. The molecule has 16 heavy (non-hydrogen) atoms. The Kier molecular flexibility index (Phi) is 2.08. The van der Waals surface area contributed by atoms with Crippen LogP contribution in [0.2, 0.25) is 0 Å². The molecule has 0 aliphatic carbocycles. The third kappa shape index (κ3) is 1.29. The van der Waals surface area contributed by atoms with Gasteiger partial charge in [-0.15, -0.1) is 0 Å². The number of nitrogens with one attached hydrogen (secondary N) is 1. The number of halogens is 1. The number of hydrogen-bond acceptors (Lipinski definition) is 3. The van der Waals surface area contributed by atoms with Gasteiger partial charge < -0.3 is 10.2 Å². The van der Waals surface area contributed by atoms with Gasteiger partial charge in [0.25, 0.3) is 0 Å². The molecule has 1 aromatic heterocycles. The molecule has 0 bridgehead atoms. The number of rotatable bonds is 2. The summed E-state index contributed by atoms with van der Waals surface area (Å²) >= 11 is 0. The number of aromatic nitrogens is 2. The monoisotopic (exact) mass is 224 g/mol. The number of carboxylic acids is 2. The van der Waals surface area contributed by atoms with Gasteiger partial charge in [0.15, 0.2) is 5.82 Å². The number of carboxylic acid groups (broad SMARTS) is 2. The van der Waals surface area contributed by atoms with Crippen molar-refractivity contribution < 1.29 is 24.2 Å². The highest BCUT2D eigenvalue weighted by atomic mass is 19.1. The summed E-state index contributed by atoms with van der Waals surface area (Å²) < 4.78 is 13.6. The molecule has 0 amide bonds. The van der Waals surface area contributed by atoms with Gasteiger partial charge in [0.2, 0.25) is 0 Å². The molecule has 0 fully saturated rings. The SMILES string of the molecule is O=C(O)c1cc2cn[nH]c2c(C(=O)O)c1F. The molecule has 1 aromatic carbocycles. The average molecular weight is 224 g/mol. The fraction of sp³-hybridized carbons (Fsp3) is 0. The van der Waals surface area contributed by atoms with Gasteiger partial charge in [0.1, 0.15) is 5.56 Å². The third-order valence-electron chi connectivity index (χ3n) is 2.12. The molecule has 82 valence electrons. The lowest BCUT2D eigenvalue weighted by atomic mass is 10.1. The zero-order chi connectivity index (χ0) is 11.9. The Hall–Kier alpha value is -2.44. The molecule has 6 nitrogen and oxygen atoms in total. The Morgan fingerprint density at radius 3 is 2.56 bits per heavy atom. The molecule has 7 heteroatoms. The summed E-state index contributed by atoms with van der Waals surface area (Å²) in [7, 11) is 0. The van der Waals surface area contributed by atoms with Crippen LogP contribution >= 0.6 is 0 Å². The van der Waals surface area contributed by atoms with E-state index in [1.807, 2.05) is 0 Å². The van der Waals surface area contributed by atoms with E-state index in [9.17, 15) is 14.0 Å². The molecule has 0 radical (unpaired) electrons. The fourth-order valence-corrected chi connectivity index (χ4v) is 1.42. The number of H-pyrrole nitrogens is 1. The van der Waals surface area contributed by atoms with E-state index in [1.165, 1.54) is 6.20 Å². The van der Waals surface area contributed by atoms with Crippen LogP contribution in [0.4, 0.5) is 4.39 Å². The van der Waals surface area contributed by atoms with Crippen LogP contribution in [0.15, 0.2) is 12.3 Å². The average Bonchev–Trinajstić information content (AvgIpc) is 2.62. The maximum absolute atomic E-state index is 13.6. The van der Waals surface area contributed by atoms with Crippen molar-refractivity contribution in [1.82, 2.24) is 10.2 Å². The van der Waals surface area contributed by atoms with E-state index < -0.39 is 28.9 Å². The molecule has 0 spiro atoms. The minimum absolute atomic E-state index is 0.0324. The van der Waals surface area contributed by atoms with Crippen LogP contribution in [0.1, 0.15) is 20.7 Å². The standard InChI is InChI=1S/C9H5FN2O4/c10-6-4(8(13)14)1-3-2-11-12-7(3)5(6)9(15)16/h1-2H,(H,11,12)(H,13,14)(H,15,16). The lowest BCUT2D eigenvalue weighted by molar-refractivity contribution is 0.0689. The highest BCUT2D eigenvalue weighted by Gasteiger charge is 2.23. The summed E-state index contributed by atoms with van der Waals surface area (Å²) in [6, 6.07) is 1.03. The Bertz CT molecular complexity index is 605.